The van der Waals surface area contributed by atoms with Gasteiger partial charge in [0, 0.05) is 12.7 Å². The summed E-state index contributed by atoms with van der Waals surface area (Å²) in [5, 5.41) is 15.4. The summed E-state index contributed by atoms with van der Waals surface area (Å²) in [4.78, 5) is 10.2. The van der Waals surface area contributed by atoms with Crippen molar-refractivity contribution < 1.29 is 22.7 Å². The SMILES string of the molecule is CS(=O)(=O)Cc1nnc(CCC(=O)O)o1. The van der Waals surface area contributed by atoms with Crippen molar-refractivity contribution in [2.24, 2.45) is 0 Å². The number of hydrogen-bond acceptors (Lipinski definition) is 6. The molecular formula is C7H10N2O5S. The van der Waals surface area contributed by atoms with E-state index >= 15 is 0 Å². The third-order valence-electron chi connectivity index (χ3n) is 1.45. The van der Waals surface area contributed by atoms with Crippen LogP contribution in [0.25, 0.3) is 0 Å². The lowest BCUT2D eigenvalue weighted by atomic mass is 10.3. The van der Waals surface area contributed by atoms with Gasteiger partial charge >= 0.3 is 5.97 Å². The Morgan fingerprint density at radius 1 is 1.40 bits per heavy atom. The molecule has 0 atom stereocenters. The minimum Gasteiger partial charge on any atom is -0.481 e. The molecule has 0 saturated heterocycles. The highest BCUT2D eigenvalue weighted by molar-refractivity contribution is 7.89. The summed E-state index contributed by atoms with van der Waals surface area (Å²) in [6, 6.07) is 0. The highest BCUT2D eigenvalue weighted by atomic mass is 32.2. The van der Waals surface area contributed by atoms with Crippen LogP contribution in [0.4, 0.5) is 0 Å². The second-order valence-electron chi connectivity index (χ2n) is 3.05. The van der Waals surface area contributed by atoms with Gasteiger partial charge in [-0.3, -0.25) is 4.79 Å². The van der Waals surface area contributed by atoms with Crippen molar-refractivity contribution in [3.05, 3.63) is 11.8 Å². The van der Waals surface area contributed by atoms with Crippen LogP contribution in [0, 0.1) is 0 Å². The van der Waals surface area contributed by atoms with Crippen LogP contribution in [0.2, 0.25) is 0 Å². The zero-order chi connectivity index (χ0) is 11.5. The van der Waals surface area contributed by atoms with Crippen molar-refractivity contribution in [2.45, 2.75) is 18.6 Å². The average Bonchev–Trinajstić information content (AvgIpc) is 2.45. The first-order valence-electron chi connectivity index (χ1n) is 4.07. The zero-order valence-corrected chi connectivity index (χ0v) is 8.82. The maximum atomic E-state index is 10.9. The average molecular weight is 234 g/mol. The van der Waals surface area contributed by atoms with Crippen LogP contribution in [0.5, 0.6) is 0 Å². The van der Waals surface area contributed by atoms with Gasteiger partial charge in [0.05, 0.1) is 6.42 Å². The van der Waals surface area contributed by atoms with E-state index in [2.05, 4.69) is 10.2 Å². The Kier molecular flexibility index (Phi) is 3.40. The van der Waals surface area contributed by atoms with E-state index in [0.29, 0.717) is 0 Å². The van der Waals surface area contributed by atoms with E-state index in [1.807, 2.05) is 0 Å². The van der Waals surface area contributed by atoms with E-state index in [4.69, 9.17) is 9.52 Å². The fourth-order valence-corrected chi connectivity index (χ4v) is 1.45. The van der Waals surface area contributed by atoms with Crippen molar-refractivity contribution in [3.63, 3.8) is 0 Å². The van der Waals surface area contributed by atoms with E-state index in [0.717, 1.165) is 6.26 Å². The molecule has 0 radical (unpaired) electrons. The van der Waals surface area contributed by atoms with Crippen molar-refractivity contribution in [3.8, 4) is 0 Å². The molecule has 0 aliphatic rings. The van der Waals surface area contributed by atoms with Gasteiger partial charge in [0.2, 0.25) is 11.8 Å². The number of aliphatic carboxylic acids is 1. The van der Waals surface area contributed by atoms with Crippen molar-refractivity contribution >= 4 is 15.8 Å². The largest absolute Gasteiger partial charge is 0.481 e. The minimum absolute atomic E-state index is 0.0158. The first-order chi connectivity index (χ1) is 6.87. The van der Waals surface area contributed by atoms with Gasteiger partial charge in [0.15, 0.2) is 9.84 Å². The monoisotopic (exact) mass is 234 g/mol. The number of nitrogens with zero attached hydrogens (tertiary/aromatic N) is 2. The molecule has 1 aromatic heterocycles. The Morgan fingerprint density at radius 3 is 2.53 bits per heavy atom. The maximum absolute atomic E-state index is 10.9. The van der Waals surface area contributed by atoms with Crippen LogP contribution in [0.1, 0.15) is 18.2 Å². The third-order valence-corrected chi connectivity index (χ3v) is 2.22. The molecule has 0 aromatic carbocycles. The first kappa shape index (κ1) is 11.6. The van der Waals surface area contributed by atoms with E-state index < -0.39 is 15.8 Å². The van der Waals surface area contributed by atoms with Crippen LogP contribution in [0.15, 0.2) is 4.42 Å². The molecule has 0 aliphatic carbocycles. The predicted molar refractivity (Wildman–Crippen MR) is 48.8 cm³/mol. The molecule has 0 aliphatic heterocycles. The Balaban J connectivity index is 2.60. The highest BCUT2D eigenvalue weighted by Gasteiger charge is 2.12. The Labute approximate surface area is 86.0 Å². The van der Waals surface area contributed by atoms with E-state index in [-0.39, 0.29) is 30.4 Å². The molecule has 84 valence electrons. The minimum atomic E-state index is -3.21. The lowest BCUT2D eigenvalue weighted by molar-refractivity contribution is -0.137. The number of aryl methyl sites for hydroxylation is 1. The van der Waals surface area contributed by atoms with Crippen LogP contribution in [-0.4, -0.2) is 35.9 Å². The van der Waals surface area contributed by atoms with Gasteiger partial charge in [0.25, 0.3) is 0 Å². The summed E-state index contributed by atoms with van der Waals surface area (Å²) in [7, 11) is -3.21. The number of sulfone groups is 1. The lowest BCUT2D eigenvalue weighted by Gasteiger charge is -1.91. The van der Waals surface area contributed by atoms with Crippen LogP contribution in [-0.2, 0) is 26.8 Å². The molecule has 0 saturated carbocycles. The molecule has 1 heterocycles. The molecule has 0 unspecified atom stereocenters. The quantitative estimate of drug-likeness (QED) is 0.739. The van der Waals surface area contributed by atoms with Gasteiger partial charge in [-0.25, -0.2) is 8.42 Å². The van der Waals surface area contributed by atoms with Crippen molar-refractivity contribution in [1.82, 2.24) is 10.2 Å². The fourth-order valence-electron chi connectivity index (χ4n) is 0.886. The van der Waals surface area contributed by atoms with Crippen molar-refractivity contribution in [1.29, 1.82) is 0 Å². The number of rotatable bonds is 5. The molecule has 0 fully saturated rings. The summed E-state index contributed by atoms with van der Waals surface area (Å²) in [6.45, 7) is 0. The topological polar surface area (TPSA) is 110 Å². The number of aromatic nitrogens is 2. The molecule has 8 heteroatoms. The number of carboxylic acids is 1. The molecule has 7 nitrogen and oxygen atoms in total. The van der Waals surface area contributed by atoms with E-state index in [9.17, 15) is 13.2 Å². The third kappa shape index (κ3) is 4.54. The normalized spacial score (nSPS) is 11.5. The smallest absolute Gasteiger partial charge is 0.303 e. The van der Waals surface area contributed by atoms with Gasteiger partial charge in [-0.2, -0.15) is 0 Å². The predicted octanol–water partition coefficient (Wildman–Crippen LogP) is -0.369. The molecule has 0 bridgehead atoms. The van der Waals surface area contributed by atoms with Gasteiger partial charge in [-0.1, -0.05) is 0 Å². The van der Waals surface area contributed by atoms with Gasteiger partial charge < -0.3 is 9.52 Å². The molecule has 1 rings (SSSR count). The molecule has 15 heavy (non-hydrogen) atoms. The summed E-state index contributed by atoms with van der Waals surface area (Å²) < 4.78 is 26.7. The summed E-state index contributed by atoms with van der Waals surface area (Å²) in [5.74, 6) is -1.18. The highest BCUT2D eigenvalue weighted by Crippen LogP contribution is 2.05. The number of carboxylic acid groups (broad SMARTS) is 1. The van der Waals surface area contributed by atoms with Gasteiger partial charge in [0.1, 0.15) is 5.75 Å². The van der Waals surface area contributed by atoms with Crippen LogP contribution in [0.3, 0.4) is 0 Å². The summed E-state index contributed by atoms with van der Waals surface area (Å²) in [6.07, 6.45) is 1.03. The summed E-state index contributed by atoms with van der Waals surface area (Å²) in [5.41, 5.74) is 0. The fraction of sp³-hybridized carbons (Fsp3) is 0.571. The molecule has 0 amide bonds. The summed E-state index contributed by atoms with van der Waals surface area (Å²) >= 11 is 0. The standard InChI is InChI=1S/C7H10N2O5S/c1-15(12,13)4-6-9-8-5(14-6)2-3-7(10)11/h2-4H2,1H3,(H,10,11). The zero-order valence-electron chi connectivity index (χ0n) is 8.00. The molecule has 1 aromatic rings. The lowest BCUT2D eigenvalue weighted by Crippen LogP contribution is -2.00. The maximum Gasteiger partial charge on any atom is 0.303 e. The van der Waals surface area contributed by atoms with Crippen molar-refractivity contribution in [2.75, 3.05) is 6.26 Å². The second-order valence-corrected chi connectivity index (χ2v) is 5.19. The first-order valence-corrected chi connectivity index (χ1v) is 6.13. The van der Waals surface area contributed by atoms with E-state index in [1.54, 1.807) is 0 Å². The molecule has 0 spiro atoms. The van der Waals surface area contributed by atoms with Crippen LogP contribution >= 0.6 is 0 Å². The Morgan fingerprint density at radius 2 is 2.00 bits per heavy atom. The van der Waals surface area contributed by atoms with Crippen LogP contribution < -0.4 is 0 Å². The van der Waals surface area contributed by atoms with Gasteiger partial charge in [-0.15, -0.1) is 10.2 Å². The Bertz CT molecular complexity index is 450. The Hall–Kier alpha value is -1.44. The number of carbonyl (C=O) groups is 1. The van der Waals surface area contributed by atoms with Gasteiger partial charge in [-0.05, 0) is 0 Å². The molecule has 1 N–H and O–H groups in total. The number of hydrogen-bond donors (Lipinski definition) is 1. The van der Waals surface area contributed by atoms with E-state index in [1.165, 1.54) is 0 Å². The second kappa shape index (κ2) is 4.39. The molecular weight excluding hydrogens is 224 g/mol.